The summed E-state index contributed by atoms with van der Waals surface area (Å²) in [6, 6.07) is 7.48. The molecular weight excluding hydrogens is 386 g/mol. The predicted molar refractivity (Wildman–Crippen MR) is 132 cm³/mol. The monoisotopic (exact) mass is 427 g/mol. The zero-order valence-corrected chi connectivity index (χ0v) is 19.6. The molecule has 0 fully saturated rings. The molecule has 0 unspecified atom stereocenters. The summed E-state index contributed by atoms with van der Waals surface area (Å²) in [4.78, 5) is 25.0. The summed E-state index contributed by atoms with van der Waals surface area (Å²) in [6.45, 7) is 3.28. The Balaban J connectivity index is 1.50. The molecule has 0 bridgehead atoms. The lowest BCUT2D eigenvalue weighted by molar-refractivity contribution is 0.465. The molecule has 0 aliphatic carbocycles. The van der Waals surface area contributed by atoms with Gasteiger partial charge in [0.2, 0.25) is 5.43 Å². The van der Waals surface area contributed by atoms with Gasteiger partial charge in [0.15, 0.2) is 5.75 Å². The first-order valence-corrected chi connectivity index (χ1v) is 12.4. The molecule has 0 aliphatic rings. The summed E-state index contributed by atoms with van der Waals surface area (Å²) in [7, 11) is 2.08. The molecule has 0 heterocycles. The second-order valence-corrected chi connectivity index (χ2v) is 8.95. The van der Waals surface area contributed by atoms with Gasteiger partial charge in [0.1, 0.15) is 0 Å². The minimum absolute atomic E-state index is 0.145. The molecule has 0 saturated carbocycles. The van der Waals surface area contributed by atoms with Crippen LogP contribution in [0.15, 0.2) is 33.9 Å². The van der Waals surface area contributed by atoms with Crippen molar-refractivity contribution in [1.29, 1.82) is 0 Å². The lowest BCUT2D eigenvalue weighted by atomic mass is 10.00. The van der Waals surface area contributed by atoms with Crippen LogP contribution in [0.25, 0.3) is 11.1 Å². The Labute approximate surface area is 188 Å². The average Bonchev–Trinajstić information content (AvgIpc) is 2.79. The van der Waals surface area contributed by atoms with Gasteiger partial charge in [0.25, 0.3) is 5.43 Å². The van der Waals surface area contributed by atoms with Gasteiger partial charge in [0, 0.05) is 19.3 Å². The summed E-state index contributed by atoms with van der Waals surface area (Å²) in [5, 5.41) is 9.57. The summed E-state index contributed by atoms with van der Waals surface area (Å²) < 4.78 is 0. The molecule has 4 heteroatoms. The highest BCUT2D eigenvalue weighted by atomic mass is 16.3. The Morgan fingerprint density at radius 2 is 1.13 bits per heavy atom. The molecular formula is C27H41NO3. The average molecular weight is 428 g/mol. The first-order chi connectivity index (χ1) is 15.1. The van der Waals surface area contributed by atoms with E-state index in [4.69, 9.17) is 0 Å². The van der Waals surface area contributed by atoms with Gasteiger partial charge in [-0.3, -0.25) is 9.59 Å². The maximum Gasteiger partial charge on any atom is 0.268 e. The van der Waals surface area contributed by atoms with E-state index in [2.05, 4.69) is 18.9 Å². The molecule has 1 N–H and O–H groups in total. The molecule has 0 spiro atoms. The van der Waals surface area contributed by atoms with Gasteiger partial charge in [-0.15, -0.1) is 0 Å². The standard InChI is InChI=1S/C27H41NO3/c1-3-4-5-6-7-8-9-10-11-12-13-14-15-16-21-28(2)23-19-17-22(18-20-23)24-25(29)27(31)26(24)30/h17-20,29H,3-16,21H2,1-2H3. The van der Waals surface area contributed by atoms with E-state index in [0.717, 1.165) is 12.2 Å². The molecule has 0 radical (unpaired) electrons. The van der Waals surface area contributed by atoms with Crippen LogP contribution in [-0.2, 0) is 0 Å². The third-order valence-corrected chi connectivity index (χ3v) is 6.33. The van der Waals surface area contributed by atoms with Crippen molar-refractivity contribution < 1.29 is 5.11 Å². The quantitative estimate of drug-likeness (QED) is 0.229. The van der Waals surface area contributed by atoms with Gasteiger partial charge in [-0.2, -0.15) is 0 Å². The van der Waals surface area contributed by atoms with Crippen molar-refractivity contribution >= 4 is 5.69 Å². The summed E-state index contributed by atoms with van der Waals surface area (Å²) in [5.41, 5.74) is 0.452. The van der Waals surface area contributed by atoms with Crippen molar-refractivity contribution in [2.75, 3.05) is 18.5 Å². The normalized spacial score (nSPS) is 11.3. The second-order valence-electron chi connectivity index (χ2n) is 8.95. The molecule has 0 aliphatic heterocycles. The summed E-state index contributed by atoms with van der Waals surface area (Å²) in [5.74, 6) is -0.409. The van der Waals surface area contributed by atoms with Gasteiger partial charge in [-0.1, -0.05) is 103 Å². The van der Waals surface area contributed by atoms with E-state index in [-0.39, 0.29) is 5.56 Å². The first kappa shape index (κ1) is 25.2. The lowest BCUT2D eigenvalue weighted by Gasteiger charge is -2.19. The third-order valence-electron chi connectivity index (χ3n) is 6.33. The maximum atomic E-state index is 11.6. The molecule has 2 aromatic rings. The van der Waals surface area contributed by atoms with Crippen LogP contribution in [0.1, 0.15) is 96.8 Å². The largest absolute Gasteiger partial charge is 0.503 e. The molecule has 0 aromatic heterocycles. The Kier molecular flexibility index (Phi) is 11.4. The third kappa shape index (κ3) is 8.16. The number of benzene rings is 1. The Morgan fingerprint density at radius 1 is 0.677 bits per heavy atom. The molecule has 2 aromatic carbocycles. The minimum atomic E-state index is -0.783. The smallest absolute Gasteiger partial charge is 0.268 e. The maximum absolute atomic E-state index is 11.6. The Bertz CT molecular complexity index is 818. The fourth-order valence-electron chi connectivity index (χ4n) is 4.20. The molecule has 0 atom stereocenters. The number of hydrogen-bond acceptors (Lipinski definition) is 4. The van der Waals surface area contributed by atoms with Crippen molar-refractivity contribution in [3.8, 4) is 16.9 Å². The van der Waals surface area contributed by atoms with E-state index in [1.807, 2.05) is 12.1 Å². The highest BCUT2D eigenvalue weighted by Gasteiger charge is 2.21. The predicted octanol–water partition coefficient (Wildman–Crippen LogP) is 6.57. The van der Waals surface area contributed by atoms with E-state index in [9.17, 15) is 14.7 Å². The zero-order chi connectivity index (χ0) is 22.5. The van der Waals surface area contributed by atoms with Crippen LogP contribution in [-0.4, -0.2) is 18.7 Å². The second kappa shape index (κ2) is 14.1. The number of anilines is 1. The van der Waals surface area contributed by atoms with Crippen LogP contribution in [0.4, 0.5) is 5.69 Å². The van der Waals surface area contributed by atoms with Crippen LogP contribution in [0, 0.1) is 0 Å². The number of unbranched alkanes of at least 4 members (excludes halogenated alkanes) is 13. The zero-order valence-electron chi connectivity index (χ0n) is 19.6. The van der Waals surface area contributed by atoms with Crippen LogP contribution in [0.3, 0.4) is 0 Å². The van der Waals surface area contributed by atoms with E-state index < -0.39 is 16.6 Å². The molecule has 4 nitrogen and oxygen atoms in total. The van der Waals surface area contributed by atoms with E-state index in [1.54, 1.807) is 12.1 Å². The molecule has 0 saturated heterocycles. The molecule has 2 rings (SSSR count). The molecule has 31 heavy (non-hydrogen) atoms. The van der Waals surface area contributed by atoms with E-state index >= 15 is 0 Å². The van der Waals surface area contributed by atoms with Crippen molar-refractivity contribution in [2.45, 2.75) is 96.8 Å². The van der Waals surface area contributed by atoms with Gasteiger partial charge in [-0.25, -0.2) is 0 Å². The number of hydrogen-bond donors (Lipinski definition) is 1. The number of nitrogens with zero attached hydrogens (tertiary/aromatic N) is 1. The van der Waals surface area contributed by atoms with Crippen LogP contribution >= 0.6 is 0 Å². The van der Waals surface area contributed by atoms with Crippen LogP contribution in [0.2, 0.25) is 0 Å². The van der Waals surface area contributed by atoms with Gasteiger partial charge in [-0.05, 0) is 24.1 Å². The molecule has 0 amide bonds. The molecule has 172 valence electrons. The fourth-order valence-corrected chi connectivity index (χ4v) is 4.20. The summed E-state index contributed by atoms with van der Waals surface area (Å²) >= 11 is 0. The van der Waals surface area contributed by atoms with Crippen molar-refractivity contribution in [1.82, 2.24) is 0 Å². The van der Waals surface area contributed by atoms with E-state index in [1.165, 1.54) is 89.9 Å². The van der Waals surface area contributed by atoms with Crippen LogP contribution < -0.4 is 15.8 Å². The summed E-state index contributed by atoms with van der Waals surface area (Å²) in [6.07, 6.45) is 19.1. The fraction of sp³-hybridized carbons (Fsp3) is 0.630. The topological polar surface area (TPSA) is 57.6 Å². The number of rotatable bonds is 17. The van der Waals surface area contributed by atoms with Crippen LogP contribution in [0.5, 0.6) is 5.75 Å². The van der Waals surface area contributed by atoms with Crippen molar-refractivity contribution in [3.05, 3.63) is 44.7 Å². The van der Waals surface area contributed by atoms with Gasteiger partial charge < -0.3 is 10.0 Å². The SMILES string of the molecule is CCCCCCCCCCCCCCCCN(C)c1ccc(-c2c(O)c(=O)c2=O)cc1. The first-order valence-electron chi connectivity index (χ1n) is 12.4. The Morgan fingerprint density at radius 3 is 1.58 bits per heavy atom. The van der Waals surface area contributed by atoms with Gasteiger partial charge in [0.05, 0.1) is 5.56 Å². The van der Waals surface area contributed by atoms with Crippen molar-refractivity contribution in [2.24, 2.45) is 0 Å². The Hall–Kier alpha value is -2.10. The highest BCUT2D eigenvalue weighted by Crippen LogP contribution is 2.26. The van der Waals surface area contributed by atoms with E-state index in [0.29, 0.717) is 5.56 Å². The van der Waals surface area contributed by atoms with Crippen molar-refractivity contribution in [3.63, 3.8) is 0 Å². The van der Waals surface area contributed by atoms with Gasteiger partial charge >= 0.3 is 0 Å². The number of aromatic hydroxyl groups is 1. The lowest BCUT2D eigenvalue weighted by Crippen LogP contribution is -2.31. The highest BCUT2D eigenvalue weighted by molar-refractivity contribution is 5.74. The minimum Gasteiger partial charge on any atom is -0.503 e.